The molecule has 1 aliphatic heterocycles. The van der Waals surface area contributed by atoms with Crippen molar-refractivity contribution >= 4 is 33.3 Å². The van der Waals surface area contributed by atoms with Gasteiger partial charge in [-0.15, -0.1) is 5.60 Å². The topological polar surface area (TPSA) is 172 Å². The monoisotopic (exact) mass is 585 g/mol. The van der Waals surface area contributed by atoms with Crippen LogP contribution in [-0.4, -0.2) is 55.8 Å². The van der Waals surface area contributed by atoms with Gasteiger partial charge in [0.1, 0.15) is 21.7 Å². The number of benzene rings is 2. The number of sulfone groups is 1. The molecule has 1 aromatic heterocycles. The molecule has 0 saturated carbocycles. The van der Waals surface area contributed by atoms with Crippen LogP contribution in [0.2, 0.25) is 0 Å². The average molecular weight is 586 g/mol. The number of rotatable bonds is 10. The van der Waals surface area contributed by atoms with Crippen molar-refractivity contribution in [3.63, 3.8) is 0 Å². The normalized spacial score (nSPS) is 16.3. The van der Waals surface area contributed by atoms with Gasteiger partial charge in [0, 0.05) is 35.5 Å². The van der Waals surface area contributed by atoms with Crippen LogP contribution < -0.4 is 25.8 Å². The molecule has 0 spiro atoms. The standard InChI is InChI=1S/C28H33N4O8S/c1-3-22(15-28(35)9-11-41(36,37)12-10-28)40-27(34)30-16-19-5-4-6-20(13-19)31-26(33)32-21-7-8-23(24(14-21)38-2)25-17-29-18-39-25/h4-8,13-14,17-18,22H,3,9-12,15-16H2,1-2H3,(H,30,34)(H2,31,32,33)/q-1. The highest BCUT2D eigenvalue weighted by Crippen LogP contribution is 2.32. The lowest BCUT2D eigenvalue weighted by molar-refractivity contribution is -0.484. The molecule has 0 radical (unpaired) electrons. The molecule has 220 valence electrons. The van der Waals surface area contributed by atoms with Crippen LogP contribution in [0.25, 0.3) is 11.3 Å². The summed E-state index contributed by atoms with van der Waals surface area (Å²) in [7, 11) is -1.64. The summed E-state index contributed by atoms with van der Waals surface area (Å²) in [5, 5.41) is 21.1. The van der Waals surface area contributed by atoms with E-state index in [-0.39, 0.29) is 37.3 Å². The summed E-state index contributed by atoms with van der Waals surface area (Å²) in [5.41, 5.74) is 0.994. The molecule has 4 rings (SSSR count). The molecule has 2 heterocycles. The van der Waals surface area contributed by atoms with Gasteiger partial charge >= 0.3 is 12.1 Å². The molecular weight excluding hydrogens is 552 g/mol. The number of anilines is 2. The fraction of sp³-hybridized carbons (Fsp3) is 0.393. The van der Waals surface area contributed by atoms with Crippen LogP contribution >= 0.6 is 0 Å². The van der Waals surface area contributed by atoms with Gasteiger partial charge in [-0.3, -0.25) is 0 Å². The molecule has 3 amide bonds. The molecule has 0 aliphatic carbocycles. The van der Waals surface area contributed by atoms with Crippen molar-refractivity contribution in [3.05, 3.63) is 60.6 Å². The quantitative estimate of drug-likeness (QED) is 0.321. The van der Waals surface area contributed by atoms with Crippen molar-refractivity contribution in [1.82, 2.24) is 10.3 Å². The minimum absolute atomic E-state index is 0.0195. The number of hydrogen-bond donors (Lipinski definition) is 3. The Hall–Kier alpha value is -4.10. The SMILES string of the molecule is CCC(CC1([O-])CCS(=O)(=O)CC1)OC(=O)NCc1cccc(NC(=O)Nc2ccc(-c3cnco3)c(OC)c2)c1. The molecule has 1 atom stereocenters. The Balaban J connectivity index is 1.27. The first-order valence-corrected chi connectivity index (χ1v) is 15.0. The molecular formula is C28H33N4O8S-. The number of urea groups is 1. The Labute approximate surface area is 238 Å². The fourth-order valence-electron chi connectivity index (χ4n) is 4.54. The van der Waals surface area contributed by atoms with E-state index in [1.165, 1.54) is 13.5 Å². The number of hydrogen-bond acceptors (Lipinski definition) is 9. The van der Waals surface area contributed by atoms with Crippen LogP contribution in [0.4, 0.5) is 21.0 Å². The molecule has 3 N–H and O–H groups in total. The van der Waals surface area contributed by atoms with E-state index in [1.807, 2.05) is 6.92 Å². The lowest BCUT2D eigenvalue weighted by Crippen LogP contribution is -2.52. The Morgan fingerprint density at radius 1 is 1.12 bits per heavy atom. The predicted molar refractivity (Wildman–Crippen MR) is 150 cm³/mol. The second-order valence-corrected chi connectivity index (χ2v) is 12.2. The largest absolute Gasteiger partial charge is 0.849 e. The zero-order chi connectivity index (χ0) is 29.5. The third-order valence-corrected chi connectivity index (χ3v) is 8.50. The van der Waals surface area contributed by atoms with Gasteiger partial charge in [0.25, 0.3) is 0 Å². The molecule has 41 heavy (non-hydrogen) atoms. The second-order valence-electron chi connectivity index (χ2n) is 9.89. The number of alkyl carbamates (subject to hydrolysis) is 1. The molecule has 13 heteroatoms. The molecule has 1 aliphatic rings. The van der Waals surface area contributed by atoms with Gasteiger partial charge in [0.2, 0.25) is 0 Å². The minimum Gasteiger partial charge on any atom is -0.849 e. The molecule has 1 saturated heterocycles. The van der Waals surface area contributed by atoms with Crippen LogP contribution in [0.1, 0.15) is 38.2 Å². The van der Waals surface area contributed by atoms with Crippen LogP contribution in [-0.2, 0) is 21.1 Å². The summed E-state index contributed by atoms with van der Waals surface area (Å²) in [4.78, 5) is 28.9. The Bertz CT molecular complexity index is 1450. The van der Waals surface area contributed by atoms with Crippen molar-refractivity contribution in [2.75, 3.05) is 29.2 Å². The first kappa shape index (κ1) is 29.9. The van der Waals surface area contributed by atoms with Gasteiger partial charge < -0.3 is 34.9 Å². The Kier molecular flexibility index (Phi) is 9.50. The van der Waals surface area contributed by atoms with Crippen LogP contribution in [0, 0.1) is 0 Å². The number of methoxy groups -OCH3 is 1. The van der Waals surface area contributed by atoms with Gasteiger partial charge in [0.05, 0.1) is 18.9 Å². The Morgan fingerprint density at radius 3 is 2.51 bits per heavy atom. The fourth-order valence-corrected chi connectivity index (χ4v) is 6.11. The molecule has 1 unspecified atom stereocenters. The average Bonchev–Trinajstić information content (AvgIpc) is 3.48. The predicted octanol–water partition coefficient (Wildman–Crippen LogP) is 3.70. The van der Waals surface area contributed by atoms with Crippen molar-refractivity contribution in [2.45, 2.75) is 50.9 Å². The van der Waals surface area contributed by atoms with Crippen LogP contribution in [0.3, 0.4) is 0 Å². The van der Waals surface area contributed by atoms with Crippen LogP contribution in [0.15, 0.2) is 59.5 Å². The number of ether oxygens (including phenoxy) is 2. The van der Waals surface area contributed by atoms with E-state index in [0.29, 0.717) is 40.4 Å². The molecule has 0 bridgehead atoms. The number of oxazole rings is 1. The maximum Gasteiger partial charge on any atom is 0.407 e. The van der Waals surface area contributed by atoms with Crippen molar-refractivity contribution in [3.8, 4) is 17.1 Å². The number of carbonyl (C=O) groups excluding carboxylic acids is 2. The molecule has 2 aromatic carbocycles. The molecule has 12 nitrogen and oxygen atoms in total. The maximum absolute atomic E-state index is 12.9. The zero-order valence-corrected chi connectivity index (χ0v) is 23.7. The smallest absolute Gasteiger partial charge is 0.407 e. The zero-order valence-electron chi connectivity index (χ0n) is 22.8. The third-order valence-electron chi connectivity index (χ3n) is 6.84. The van der Waals surface area contributed by atoms with Gasteiger partial charge in [-0.2, -0.15) is 0 Å². The van der Waals surface area contributed by atoms with E-state index in [2.05, 4.69) is 20.9 Å². The molecule has 1 fully saturated rings. The number of aromatic nitrogens is 1. The highest BCUT2D eigenvalue weighted by atomic mass is 32.2. The number of carbonyl (C=O) groups is 2. The van der Waals surface area contributed by atoms with E-state index in [0.717, 1.165) is 0 Å². The van der Waals surface area contributed by atoms with E-state index in [4.69, 9.17) is 13.9 Å². The lowest BCUT2D eigenvalue weighted by Gasteiger charge is -2.45. The lowest BCUT2D eigenvalue weighted by atomic mass is 9.89. The molecule has 3 aromatic rings. The minimum atomic E-state index is -3.16. The summed E-state index contributed by atoms with van der Waals surface area (Å²) in [6, 6.07) is 11.6. The third kappa shape index (κ3) is 8.44. The summed E-state index contributed by atoms with van der Waals surface area (Å²) >= 11 is 0. The van der Waals surface area contributed by atoms with Crippen LogP contribution in [0.5, 0.6) is 5.75 Å². The summed E-state index contributed by atoms with van der Waals surface area (Å²) in [6.45, 7) is 1.94. The van der Waals surface area contributed by atoms with Crippen molar-refractivity contribution in [2.24, 2.45) is 0 Å². The maximum atomic E-state index is 12.9. The number of amides is 3. The first-order valence-electron chi connectivity index (χ1n) is 13.2. The van der Waals surface area contributed by atoms with E-state index >= 15 is 0 Å². The van der Waals surface area contributed by atoms with Crippen molar-refractivity contribution in [1.29, 1.82) is 0 Å². The summed E-state index contributed by atoms with van der Waals surface area (Å²) < 4.78 is 39.5. The number of nitrogens with one attached hydrogen (secondary N) is 3. The summed E-state index contributed by atoms with van der Waals surface area (Å²) in [5.74, 6) is 0.771. The van der Waals surface area contributed by atoms with Gasteiger partial charge in [0.15, 0.2) is 12.2 Å². The summed E-state index contributed by atoms with van der Waals surface area (Å²) in [6.07, 6.45) is 2.13. The van der Waals surface area contributed by atoms with Gasteiger partial charge in [-0.1, -0.05) is 19.1 Å². The first-order chi connectivity index (χ1) is 19.6. The number of nitrogens with zero attached hydrogens (tertiary/aromatic N) is 1. The highest BCUT2D eigenvalue weighted by Gasteiger charge is 2.31. The van der Waals surface area contributed by atoms with Crippen molar-refractivity contribution < 1.29 is 37.0 Å². The highest BCUT2D eigenvalue weighted by molar-refractivity contribution is 7.91. The van der Waals surface area contributed by atoms with Gasteiger partial charge in [-0.05, 0) is 55.5 Å². The second kappa shape index (κ2) is 13.0. The van der Waals surface area contributed by atoms with Gasteiger partial charge in [-0.25, -0.2) is 23.0 Å². The van der Waals surface area contributed by atoms with E-state index < -0.39 is 33.7 Å². The Morgan fingerprint density at radius 2 is 1.85 bits per heavy atom. The van der Waals surface area contributed by atoms with E-state index in [9.17, 15) is 23.1 Å². The van der Waals surface area contributed by atoms with E-state index in [1.54, 1.807) is 48.7 Å².